The molecule has 0 aliphatic carbocycles. The molecule has 3 aromatic rings. The number of aryl methyl sites for hydroxylation is 1. The van der Waals surface area contributed by atoms with Gasteiger partial charge in [-0.05, 0) is 25.1 Å². The fraction of sp³-hybridized carbons (Fsp3) is 0.167. The number of fused-ring (bicyclic) bond motifs is 1. The third kappa shape index (κ3) is 2.14. The van der Waals surface area contributed by atoms with Gasteiger partial charge in [0, 0.05) is 11.1 Å². The smallest absolute Gasteiger partial charge is 0.323 e. The van der Waals surface area contributed by atoms with Crippen LogP contribution < -0.4 is 11.0 Å². The number of aromatic amines is 2. The van der Waals surface area contributed by atoms with E-state index in [1.165, 1.54) is 0 Å². The predicted octanol–water partition coefficient (Wildman–Crippen LogP) is 2.23. The number of imidazole rings is 1. The number of nitrogens with one attached hydrogen (secondary N) is 3. The molecule has 0 aliphatic rings. The Morgan fingerprint density at radius 3 is 2.94 bits per heavy atom. The molecule has 1 aromatic carbocycles. The van der Waals surface area contributed by atoms with Gasteiger partial charge in [0.15, 0.2) is 0 Å². The van der Waals surface area contributed by atoms with Crippen molar-refractivity contribution >= 4 is 28.1 Å². The molecular formula is C12H12N4OS. The highest BCUT2D eigenvalue weighted by Crippen LogP contribution is 2.16. The van der Waals surface area contributed by atoms with Gasteiger partial charge in [-0.1, -0.05) is 0 Å². The fourth-order valence-electron chi connectivity index (χ4n) is 1.82. The van der Waals surface area contributed by atoms with Crippen molar-refractivity contribution in [2.45, 2.75) is 13.5 Å². The number of H-pyrrole nitrogens is 2. The maximum atomic E-state index is 11.1. The Hall–Kier alpha value is -2.08. The first kappa shape index (κ1) is 11.0. The molecule has 92 valence electrons. The van der Waals surface area contributed by atoms with Crippen molar-refractivity contribution in [3.63, 3.8) is 0 Å². The first-order chi connectivity index (χ1) is 8.70. The number of hydrogen-bond donors (Lipinski definition) is 3. The quantitative estimate of drug-likeness (QED) is 0.676. The summed E-state index contributed by atoms with van der Waals surface area (Å²) in [7, 11) is 0. The Labute approximate surface area is 107 Å². The zero-order valence-corrected chi connectivity index (χ0v) is 10.6. The topological polar surface area (TPSA) is 73.6 Å². The van der Waals surface area contributed by atoms with E-state index in [1.807, 2.05) is 30.5 Å². The third-order valence-electron chi connectivity index (χ3n) is 2.66. The van der Waals surface area contributed by atoms with E-state index in [2.05, 4.69) is 20.3 Å². The van der Waals surface area contributed by atoms with Crippen molar-refractivity contribution in [2.24, 2.45) is 0 Å². The van der Waals surface area contributed by atoms with Crippen LogP contribution in [0.2, 0.25) is 0 Å². The van der Waals surface area contributed by atoms with E-state index in [0.29, 0.717) is 6.54 Å². The summed E-state index contributed by atoms with van der Waals surface area (Å²) in [6.07, 6.45) is 0. The van der Waals surface area contributed by atoms with E-state index in [-0.39, 0.29) is 5.69 Å². The lowest BCUT2D eigenvalue weighted by atomic mass is 10.2. The molecule has 0 bridgehead atoms. The zero-order chi connectivity index (χ0) is 12.5. The normalized spacial score (nSPS) is 10.9. The van der Waals surface area contributed by atoms with Gasteiger partial charge in [0.2, 0.25) is 0 Å². The number of nitrogens with zero attached hydrogens (tertiary/aromatic N) is 1. The van der Waals surface area contributed by atoms with Gasteiger partial charge in [-0.15, -0.1) is 11.3 Å². The Balaban J connectivity index is 1.80. The number of aromatic nitrogens is 3. The summed E-state index contributed by atoms with van der Waals surface area (Å²) in [6, 6.07) is 5.72. The fourth-order valence-corrected chi connectivity index (χ4v) is 2.44. The third-order valence-corrected chi connectivity index (χ3v) is 3.48. The minimum Gasteiger partial charge on any atom is -0.379 e. The highest BCUT2D eigenvalue weighted by Gasteiger charge is 2.01. The van der Waals surface area contributed by atoms with E-state index in [0.717, 1.165) is 27.4 Å². The van der Waals surface area contributed by atoms with Gasteiger partial charge in [0.05, 0.1) is 28.3 Å². The molecule has 18 heavy (non-hydrogen) atoms. The van der Waals surface area contributed by atoms with E-state index in [9.17, 15) is 4.79 Å². The second-order valence-corrected chi connectivity index (χ2v) is 5.11. The number of anilines is 1. The van der Waals surface area contributed by atoms with Crippen molar-refractivity contribution < 1.29 is 0 Å². The highest BCUT2D eigenvalue weighted by atomic mass is 32.1. The molecule has 3 rings (SSSR count). The minimum atomic E-state index is -0.183. The lowest BCUT2D eigenvalue weighted by Crippen LogP contribution is -1.99. The van der Waals surface area contributed by atoms with E-state index >= 15 is 0 Å². The van der Waals surface area contributed by atoms with E-state index < -0.39 is 0 Å². The summed E-state index contributed by atoms with van der Waals surface area (Å²) in [5, 5.41) is 6.39. The summed E-state index contributed by atoms with van der Waals surface area (Å²) in [4.78, 5) is 21.0. The van der Waals surface area contributed by atoms with Gasteiger partial charge >= 0.3 is 5.69 Å². The maximum absolute atomic E-state index is 11.1. The van der Waals surface area contributed by atoms with Gasteiger partial charge in [-0.3, -0.25) is 0 Å². The first-order valence-corrected chi connectivity index (χ1v) is 6.45. The van der Waals surface area contributed by atoms with Crippen molar-refractivity contribution in [3.05, 3.63) is 44.8 Å². The van der Waals surface area contributed by atoms with Crippen LogP contribution in [0.5, 0.6) is 0 Å². The standard InChI is InChI=1S/C12H12N4OS/c1-7-14-9(6-18-7)5-13-8-2-3-10-11(4-8)16-12(17)15-10/h2-4,6,13H,5H2,1H3,(H2,15,16,17). The monoisotopic (exact) mass is 260 g/mol. The first-order valence-electron chi connectivity index (χ1n) is 5.57. The molecule has 5 nitrogen and oxygen atoms in total. The van der Waals surface area contributed by atoms with Crippen LogP contribution in [0.1, 0.15) is 10.7 Å². The molecule has 0 unspecified atom stereocenters. The van der Waals surface area contributed by atoms with Crippen molar-refractivity contribution in [3.8, 4) is 0 Å². The largest absolute Gasteiger partial charge is 0.379 e. The van der Waals surface area contributed by atoms with Crippen LogP contribution in [-0.4, -0.2) is 15.0 Å². The van der Waals surface area contributed by atoms with Crippen LogP contribution in [0.25, 0.3) is 11.0 Å². The van der Waals surface area contributed by atoms with E-state index in [4.69, 9.17) is 0 Å². The molecule has 0 spiro atoms. The van der Waals surface area contributed by atoms with Gasteiger partial charge in [0.1, 0.15) is 0 Å². The molecule has 0 saturated carbocycles. The molecule has 0 amide bonds. The molecule has 2 aromatic heterocycles. The Bertz CT molecular complexity index is 740. The summed E-state index contributed by atoms with van der Waals surface area (Å²) in [5.74, 6) is 0. The van der Waals surface area contributed by atoms with Crippen LogP contribution in [0.15, 0.2) is 28.4 Å². The minimum absolute atomic E-state index is 0.183. The lowest BCUT2D eigenvalue weighted by Gasteiger charge is -2.03. The number of benzene rings is 1. The molecule has 0 aliphatic heterocycles. The van der Waals surface area contributed by atoms with Crippen LogP contribution in [0, 0.1) is 6.92 Å². The second-order valence-electron chi connectivity index (χ2n) is 4.05. The SMILES string of the molecule is Cc1nc(CNc2ccc3[nH]c(=O)[nH]c3c2)cs1. The zero-order valence-electron chi connectivity index (χ0n) is 9.78. The summed E-state index contributed by atoms with van der Waals surface area (Å²) in [5.41, 5.74) is 3.43. The van der Waals surface area contributed by atoms with Crippen LogP contribution in [0.3, 0.4) is 0 Å². The van der Waals surface area contributed by atoms with Gasteiger partial charge < -0.3 is 15.3 Å². The van der Waals surface area contributed by atoms with Gasteiger partial charge in [-0.25, -0.2) is 9.78 Å². The summed E-state index contributed by atoms with van der Waals surface area (Å²) in [6.45, 7) is 2.68. The molecule has 0 saturated heterocycles. The van der Waals surface area contributed by atoms with Crippen molar-refractivity contribution in [1.82, 2.24) is 15.0 Å². The van der Waals surface area contributed by atoms with Crippen LogP contribution in [-0.2, 0) is 6.54 Å². The average molecular weight is 260 g/mol. The van der Waals surface area contributed by atoms with Crippen molar-refractivity contribution in [1.29, 1.82) is 0 Å². The average Bonchev–Trinajstić information content (AvgIpc) is 2.90. The second kappa shape index (κ2) is 4.30. The summed E-state index contributed by atoms with van der Waals surface area (Å²) < 4.78 is 0. The highest BCUT2D eigenvalue weighted by molar-refractivity contribution is 7.09. The number of rotatable bonds is 3. The van der Waals surface area contributed by atoms with Crippen LogP contribution in [0.4, 0.5) is 5.69 Å². The lowest BCUT2D eigenvalue weighted by molar-refractivity contribution is 1.06. The van der Waals surface area contributed by atoms with E-state index in [1.54, 1.807) is 11.3 Å². The van der Waals surface area contributed by atoms with Crippen LogP contribution >= 0.6 is 11.3 Å². The maximum Gasteiger partial charge on any atom is 0.323 e. The van der Waals surface area contributed by atoms with Crippen molar-refractivity contribution in [2.75, 3.05) is 5.32 Å². The molecule has 6 heteroatoms. The summed E-state index contributed by atoms with van der Waals surface area (Å²) >= 11 is 1.64. The van der Waals surface area contributed by atoms with Gasteiger partial charge in [0.25, 0.3) is 0 Å². The molecule has 0 fully saturated rings. The molecule has 2 heterocycles. The molecule has 0 atom stereocenters. The Morgan fingerprint density at radius 2 is 2.17 bits per heavy atom. The molecular weight excluding hydrogens is 248 g/mol. The number of thiazole rings is 1. The number of hydrogen-bond acceptors (Lipinski definition) is 4. The predicted molar refractivity (Wildman–Crippen MR) is 73.1 cm³/mol. The Morgan fingerprint density at radius 1 is 1.33 bits per heavy atom. The molecule has 3 N–H and O–H groups in total. The van der Waals surface area contributed by atoms with Gasteiger partial charge in [-0.2, -0.15) is 0 Å². The molecule has 0 radical (unpaired) electrons. The Kier molecular flexibility index (Phi) is 2.64.